The highest BCUT2D eigenvalue weighted by molar-refractivity contribution is 7.94. The Labute approximate surface area is 225 Å². The number of aromatic nitrogens is 1. The molecule has 0 spiro atoms. The molecule has 204 valence electrons. The monoisotopic (exact) mass is 570 g/mol. The lowest BCUT2D eigenvalue weighted by Crippen LogP contribution is -2.23. The molecule has 0 saturated heterocycles. The molecule has 4 rings (SSSR count). The molecule has 0 radical (unpaired) electrons. The highest BCUT2D eigenvalue weighted by atomic mass is 32.2. The Bertz CT molecular complexity index is 1840. The number of fused-ring (bicyclic) bond motifs is 3. The number of nitrogens with one attached hydrogen (secondary N) is 1. The molecule has 0 aliphatic heterocycles. The number of nitrogens with zero attached hydrogens (tertiary/aromatic N) is 3. The van der Waals surface area contributed by atoms with Crippen LogP contribution in [0.5, 0.6) is 0 Å². The summed E-state index contributed by atoms with van der Waals surface area (Å²) in [5.41, 5.74) is 2.14. The van der Waals surface area contributed by atoms with Gasteiger partial charge in [-0.15, -0.1) is 0 Å². The quantitative estimate of drug-likeness (QED) is 0.171. The molecule has 1 N–H and O–H groups in total. The number of hydrogen-bond acceptors (Lipinski definition) is 8. The molecule has 0 fully saturated rings. The Hall–Kier alpha value is -4.10. The van der Waals surface area contributed by atoms with Gasteiger partial charge < -0.3 is 4.40 Å². The van der Waals surface area contributed by atoms with E-state index in [2.05, 4.69) is 10.5 Å². The van der Waals surface area contributed by atoms with Crippen LogP contribution in [0.3, 0.4) is 0 Å². The minimum absolute atomic E-state index is 0.101. The van der Waals surface area contributed by atoms with Crippen molar-refractivity contribution in [1.29, 1.82) is 0 Å². The van der Waals surface area contributed by atoms with Gasteiger partial charge in [0.15, 0.2) is 19.7 Å². The van der Waals surface area contributed by atoms with E-state index in [1.54, 1.807) is 44.2 Å². The van der Waals surface area contributed by atoms with Crippen LogP contribution in [0.2, 0.25) is 0 Å². The van der Waals surface area contributed by atoms with Crippen molar-refractivity contribution in [2.75, 3.05) is 11.5 Å². The van der Waals surface area contributed by atoms with E-state index in [0.29, 0.717) is 16.3 Å². The van der Waals surface area contributed by atoms with E-state index >= 15 is 0 Å². The largest absolute Gasteiger partial charge is 0.309 e. The van der Waals surface area contributed by atoms with Gasteiger partial charge in [0.2, 0.25) is 0 Å². The molecule has 0 aliphatic rings. The predicted molar refractivity (Wildman–Crippen MR) is 148 cm³/mol. The summed E-state index contributed by atoms with van der Waals surface area (Å²) >= 11 is 0. The molecule has 2 heterocycles. The van der Waals surface area contributed by atoms with Crippen molar-refractivity contribution in [2.24, 2.45) is 5.10 Å². The summed E-state index contributed by atoms with van der Waals surface area (Å²) in [6, 6.07) is 14.1. The van der Waals surface area contributed by atoms with Gasteiger partial charge in [0, 0.05) is 29.3 Å². The zero-order valence-corrected chi connectivity index (χ0v) is 22.8. The maximum absolute atomic E-state index is 13.6. The minimum atomic E-state index is -4.23. The molecule has 0 atom stereocenters. The average Bonchev–Trinajstić information content (AvgIpc) is 3.27. The second kappa shape index (κ2) is 10.9. The molecule has 1 amide bonds. The third-order valence-corrected chi connectivity index (χ3v) is 10.0. The lowest BCUT2D eigenvalue weighted by molar-refractivity contribution is -0.384. The lowest BCUT2D eigenvalue weighted by atomic mass is 10.1. The molecule has 0 saturated carbocycles. The zero-order chi connectivity index (χ0) is 28.4. The SMILES string of the molecule is CCCS(=O)(=O)c1c(S(=O)(=O)CCC)c2c3ccccc3ccn2c1C(=O)N/N=C/c1cccc([N+](=O)[O-])c1. The summed E-state index contributed by atoms with van der Waals surface area (Å²) in [6.07, 6.45) is 3.08. The number of non-ortho nitro benzene ring substituents is 1. The molecular formula is C26H26N4O7S2. The first-order valence-electron chi connectivity index (χ1n) is 12.1. The van der Waals surface area contributed by atoms with Gasteiger partial charge in [0.25, 0.3) is 11.6 Å². The summed E-state index contributed by atoms with van der Waals surface area (Å²) < 4.78 is 55.6. The van der Waals surface area contributed by atoms with Crippen LogP contribution in [0.15, 0.2) is 75.7 Å². The topological polar surface area (TPSA) is 157 Å². The number of pyridine rings is 1. The summed E-state index contributed by atoms with van der Waals surface area (Å²) in [6.45, 7) is 3.32. The molecule has 0 aliphatic carbocycles. The van der Waals surface area contributed by atoms with Crippen LogP contribution in [0.25, 0.3) is 16.3 Å². The van der Waals surface area contributed by atoms with Gasteiger partial charge >= 0.3 is 0 Å². The summed E-state index contributed by atoms with van der Waals surface area (Å²) in [5, 5.41) is 16.0. The number of carbonyl (C=O) groups is 1. The van der Waals surface area contributed by atoms with E-state index in [9.17, 15) is 31.7 Å². The number of hydrogen-bond donors (Lipinski definition) is 1. The molecular weight excluding hydrogens is 544 g/mol. The Kier molecular flexibility index (Phi) is 7.84. The number of nitro groups is 1. The first-order valence-corrected chi connectivity index (χ1v) is 15.4. The first-order chi connectivity index (χ1) is 18.5. The van der Waals surface area contributed by atoms with Crippen molar-refractivity contribution in [3.05, 3.63) is 82.2 Å². The van der Waals surface area contributed by atoms with Gasteiger partial charge in [-0.2, -0.15) is 5.10 Å². The molecule has 0 unspecified atom stereocenters. The van der Waals surface area contributed by atoms with E-state index < -0.39 is 40.3 Å². The van der Waals surface area contributed by atoms with Gasteiger partial charge in [0.05, 0.1) is 28.2 Å². The van der Waals surface area contributed by atoms with E-state index in [1.165, 1.54) is 41.1 Å². The highest BCUT2D eigenvalue weighted by Gasteiger charge is 2.37. The molecule has 11 nitrogen and oxygen atoms in total. The number of benzene rings is 2. The minimum Gasteiger partial charge on any atom is -0.309 e. The van der Waals surface area contributed by atoms with Gasteiger partial charge in [0.1, 0.15) is 15.5 Å². The number of carbonyl (C=O) groups excluding carboxylic acids is 1. The Balaban J connectivity index is 1.98. The molecule has 2 aromatic carbocycles. The Morgan fingerprint density at radius 3 is 2.31 bits per heavy atom. The van der Waals surface area contributed by atoms with Gasteiger partial charge in [-0.1, -0.05) is 50.2 Å². The standard InChI is InChI=1S/C26H26N4O7S2/c1-3-14-38(34,35)24-22-21-11-6-5-9-19(21)12-13-29(22)23(25(24)39(36,37)15-4-2)26(31)28-27-17-18-8-7-10-20(16-18)30(32)33/h5-13,16-17H,3-4,14-15H2,1-2H3,(H,28,31)/b27-17+. The van der Waals surface area contributed by atoms with Crippen LogP contribution < -0.4 is 5.43 Å². The third kappa shape index (κ3) is 5.40. The summed E-state index contributed by atoms with van der Waals surface area (Å²) in [5.74, 6) is -1.63. The fourth-order valence-electron chi connectivity index (χ4n) is 4.43. The fraction of sp³-hybridized carbons (Fsp3) is 0.231. The van der Waals surface area contributed by atoms with Gasteiger partial charge in [-0.25, -0.2) is 22.3 Å². The van der Waals surface area contributed by atoms with Gasteiger partial charge in [-0.05, 0) is 24.3 Å². The predicted octanol–water partition coefficient (Wildman–Crippen LogP) is 4.13. The van der Waals surface area contributed by atoms with Crippen molar-refractivity contribution in [1.82, 2.24) is 9.83 Å². The van der Waals surface area contributed by atoms with Crippen LogP contribution in [0.4, 0.5) is 5.69 Å². The number of nitro benzene ring substituents is 1. The van der Waals surface area contributed by atoms with Crippen LogP contribution >= 0.6 is 0 Å². The second-order valence-corrected chi connectivity index (χ2v) is 12.9. The van der Waals surface area contributed by atoms with Crippen molar-refractivity contribution >= 4 is 53.8 Å². The Morgan fingerprint density at radius 1 is 0.974 bits per heavy atom. The van der Waals surface area contributed by atoms with Crippen LogP contribution in [-0.4, -0.2) is 49.8 Å². The van der Waals surface area contributed by atoms with Crippen LogP contribution in [-0.2, 0) is 19.7 Å². The van der Waals surface area contributed by atoms with E-state index in [1.807, 2.05) is 0 Å². The van der Waals surface area contributed by atoms with E-state index in [-0.39, 0.29) is 41.2 Å². The normalized spacial score (nSPS) is 12.4. The van der Waals surface area contributed by atoms with Gasteiger partial charge in [-0.3, -0.25) is 14.9 Å². The van der Waals surface area contributed by atoms with Crippen molar-refractivity contribution in [3.63, 3.8) is 0 Å². The third-order valence-electron chi connectivity index (χ3n) is 5.98. The lowest BCUT2D eigenvalue weighted by Gasteiger charge is -2.09. The molecule has 0 bridgehead atoms. The van der Waals surface area contributed by atoms with Crippen molar-refractivity contribution in [2.45, 2.75) is 36.5 Å². The number of sulfone groups is 2. The van der Waals surface area contributed by atoms with Crippen molar-refractivity contribution < 1.29 is 26.6 Å². The number of amides is 1. The van der Waals surface area contributed by atoms with Crippen molar-refractivity contribution in [3.8, 4) is 0 Å². The smallest absolute Gasteiger partial charge is 0.289 e. The maximum atomic E-state index is 13.6. The van der Waals surface area contributed by atoms with Crippen LogP contribution in [0.1, 0.15) is 42.7 Å². The number of hydrazone groups is 1. The molecule has 13 heteroatoms. The maximum Gasteiger partial charge on any atom is 0.289 e. The fourth-order valence-corrected chi connectivity index (χ4v) is 8.42. The molecule has 39 heavy (non-hydrogen) atoms. The first kappa shape index (κ1) is 27.9. The average molecular weight is 571 g/mol. The summed E-state index contributed by atoms with van der Waals surface area (Å²) in [7, 11) is -8.36. The Morgan fingerprint density at radius 2 is 1.64 bits per heavy atom. The van der Waals surface area contributed by atoms with E-state index in [0.717, 1.165) is 0 Å². The highest BCUT2D eigenvalue weighted by Crippen LogP contribution is 2.37. The van der Waals surface area contributed by atoms with E-state index in [4.69, 9.17) is 0 Å². The zero-order valence-electron chi connectivity index (χ0n) is 21.2. The van der Waals surface area contributed by atoms with Crippen LogP contribution in [0, 0.1) is 10.1 Å². The molecule has 2 aromatic heterocycles. The molecule has 4 aromatic rings. The summed E-state index contributed by atoms with van der Waals surface area (Å²) in [4.78, 5) is 23.0. The number of rotatable bonds is 10. The second-order valence-electron chi connectivity index (χ2n) is 8.82.